The minimum absolute atomic E-state index is 0.00675. The van der Waals surface area contributed by atoms with Crippen LogP contribution in [0.4, 0.5) is 0 Å². The molecule has 2 N–H and O–H groups in total. The molecule has 1 rings (SSSR count). The van der Waals surface area contributed by atoms with Crippen molar-refractivity contribution in [1.82, 2.24) is 20.6 Å². The Morgan fingerprint density at radius 1 is 1.62 bits per heavy atom. The monoisotopic (exact) mass is 306 g/mol. The van der Waals surface area contributed by atoms with Crippen LogP contribution in [0.25, 0.3) is 0 Å². The molecule has 0 radical (unpaired) electrons. The maximum Gasteiger partial charge on any atom is 0.222 e. The van der Waals surface area contributed by atoms with Gasteiger partial charge in [0, 0.05) is 32.8 Å². The van der Waals surface area contributed by atoms with Gasteiger partial charge >= 0.3 is 0 Å². The molecule has 0 aliphatic heterocycles. The number of hydrogen-bond acceptors (Lipinski definition) is 4. The van der Waals surface area contributed by atoms with Crippen LogP contribution in [0, 0.1) is 0 Å². The summed E-state index contributed by atoms with van der Waals surface area (Å²) in [6, 6.07) is 0. The van der Waals surface area contributed by atoms with Crippen LogP contribution in [-0.4, -0.2) is 29.5 Å². The number of rotatable bonds is 5. The molecule has 0 fully saturated rings. The van der Waals surface area contributed by atoms with Crippen molar-refractivity contribution in [3.05, 3.63) is 21.6 Å². The van der Waals surface area contributed by atoms with Gasteiger partial charge in [0.05, 0.1) is 10.2 Å². The summed E-state index contributed by atoms with van der Waals surface area (Å²) in [5.74, 6) is 0.00675. The van der Waals surface area contributed by atoms with E-state index in [1.807, 2.05) is 0 Å². The summed E-state index contributed by atoms with van der Waals surface area (Å²) in [6.45, 7) is 1.13. The molecule has 1 aromatic rings. The van der Waals surface area contributed by atoms with Gasteiger partial charge in [0.25, 0.3) is 0 Å². The summed E-state index contributed by atoms with van der Waals surface area (Å²) in [5.41, 5.74) is 0.775. The van der Waals surface area contributed by atoms with Gasteiger partial charge in [0.2, 0.25) is 11.2 Å². The van der Waals surface area contributed by atoms with Crippen LogP contribution in [0.5, 0.6) is 0 Å². The van der Waals surface area contributed by atoms with Crippen molar-refractivity contribution in [2.45, 2.75) is 13.0 Å². The normalized spacial score (nSPS) is 10.2. The van der Waals surface area contributed by atoms with E-state index in [4.69, 9.17) is 11.6 Å². The predicted molar refractivity (Wildman–Crippen MR) is 65.1 cm³/mol. The van der Waals surface area contributed by atoms with E-state index in [2.05, 4.69) is 36.5 Å². The molecule has 1 amide bonds. The molecule has 16 heavy (non-hydrogen) atoms. The fourth-order valence-electron chi connectivity index (χ4n) is 1.04. The average molecular weight is 308 g/mol. The molecule has 0 bridgehead atoms. The van der Waals surface area contributed by atoms with Gasteiger partial charge in [-0.1, -0.05) is 0 Å². The van der Waals surface area contributed by atoms with Gasteiger partial charge in [0.1, 0.15) is 0 Å². The van der Waals surface area contributed by atoms with Gasteiger partial charge in [-0.2, -0.15) is 0 Å². The van der Waals surface area contributed by atoms with E-state index >= 15 is 0 Å². The molecule has 1 heterocycles. The summed E-state index contributed by atoms with van der Waals surface area (Å²) < 4.78 is 0.796. The lowest BCUT2D eigenvalue weighted by molar-refractivity contribution is -0.120. The van der Waals surface area contributed by atoms with Crippen molar-refractivity contribution in [3.63, 3.8) is 0 Å². The van der Waals surface area contributed by atoms with E-state index in [-0.39, 0.29) is 11.2 Å². The zero-order chi connectivity index (χ0) is 12.0. The first kappa shape index (κ1) is 13.3. The maximum absolute atomic E-state index is 10.9. The number of carbonyl (C=O) groups excluding carboxylic acids is 1. The molecule has 0 spiro atoms. The molecule has 1 aromatic heterocycles. The van der Waals surface area contributed by atoms with E-state index < -0.39 is 0 Å². The molecular formula is C9H12BrClN4O. The van der Waals surface area contributed by atoms with Crippen LogP contribution >= 0.6 is 27.5 Å². The van der Waals surface area contributed by atoms with Gasteiger partial charge in [-0.15, -0.1) is 0 Å². The first-order chi connectivity index (χ1) is 7.63. The number of halogens is 2. The maximum atomic E-state index is 10.9. The Bertz CT molecular complexity index is 375. The Hall–Kier alpha value is -0.720. The average Bonchev–Trinajstić information content (AvgIpc) is 2.28. The van der Waals surface area contributed by atoms with Crippen LogP contribution in [0.15, 0.2) is 10.7 Å². The fraction of sp³-hybridized carbons (Fsp3) is 0.444. The predicted octanol–water partition coefficient (Wildman–Crippen LogP) is 1.12. The number of hydrogen-bond donors (Lipinski definition) is 2. The summed E-state index contributed by atoms with van der Waals surface area (Å²) in [7, 11) is 1.61. The van der Waals surface area contributed by atoms with Crippen molar-refractivity contribution in [2.75, 3.05) is 13.6 Å². The topological polar surface area (TPSA) is 66.9 Å². The Morgan fingerprint density at radius 2 is 2.38 bits per heavy atom. The number of nitrogens with one attached hydrogen (secondary N) is 2. The van der Waals surface area contributed by atoms with E-state index in [1.165, 1.54) is 0 Å². The third-order valence-electron chi connectivity index (χ3n) is 1.89. The van der Waals surface area contributed by atoms with Crippen molar-refractivity contribution < 1.29 is 4.79 Å². The standard InChI is InChI=1S/C9H12BrClN4O/c1-12-8(16)2-3-13-5-7-6(10)4-14-9(11)15-7/h4,13H,2-3,5H2,1H3,(H,12,16). The molecule has 0 unspecified atom stereocenters. The molecule has 0 atom stereocenters. The van der Waals surface area contributed by atoms with Crippen molar-refractivity contribution in [1.29, 1.82) is 0 Å². The lowest BCUT2D eigenvalue weighted by Gasteiger charge is -2.05. The number of aromatic nitrogens is 2. The van der Waals surface area contributed by atoms with Gasteiger partial charge in [-0.25, -0.2) is 9.97 Å². The zero-order valence-electron chi connectivity index (χ0n) is 8.76. The van der Waals surface area contributed by atoms with Crippen LogP contribution in [0.3, 0.4) is 0 Å². The molecular weight excluding hydrogens is 295 g/mol. The molecule has 0 aliphatic carbocycles. The summed E-state index contributed by atoms with van der Waals surface area (Å²) >= 11 is 8.99. The molecule has 0 aliphatic rings. The Labute approximate surface area is 107 Å². The highest BCUT2D eigenvalue weighted by molar-refractivity contribution is 9.10. The fourth-order valence-corrected chi connectivity index (χ4v) is 1.52. The Morgan fingerprint density at radius 3 is 3.06 bits per heavy atom. The van der Waals surface area contributed by atoms with Crippen molar-refractivity contribution in [3.8, 4) is 0 Å². The van der Waals surface area contributed by atoms with Gasteiger partial charge in [-0.3, -0.25) is 4.79 Å². The second kappa shape index (κ2) is 6.78. The lowest BCUT2D eigenvalue weighted by Crippen LogP contribution is -2.24. The highest BCUT2D eigenvalue weighted by Gasteiger charge is 2.03. The highest BCUT2D eigenvalue weighted by Crippen LogP contribution is 2.14. The third kappa shape index (κ3) is 4.42. The number of amides is 1. The van der Waals surface area contributed by atoms with Crippen molar-refractivity contribution >= 4 is 33.4 Å². The summed E-state index contributed by atoms with van der Waals surface area (Å²) in [6.07, 6.45) is 2.04. The van der Waals surface area contributed by atoms with E-state index in [0.29, 0.717) is 19.5 Å². The molecule has 0 saturated carbocycles. The number of carbonyl (C=O) groups is 1. The Kier molecular flexibility index (Phi) is 5.65. The molecule has 7 heteroatoms. The van der Waals surface area contributed by atoms with Crippen LogP contribution < -0.4 is 10.6 Å². The minimum Gasteiger partial charge on any atom is -0.359 e. The van der Waals surface area contributed by atoms with E-state index in [0.717, 1.165) is 10.2 Å². The SMILES string of the molecule is CNC(=O)CCNCc1nc(Cl)ncc1Br. The van der Waals surface area contributed by atoms with Crippen LogP contribution in [-0.2, 0) is 11.3 Å². The lowest BCUT2D eigenvalue weighted by atomic mass is 10.3. The number of nitrogens with zero attached hydrogens (tertiary/aromatic N) is 2. The minimum atomic E-state index is 0.00675. The van der Waals surface area contributed by atoms with Gasteiger partial charge < -0.3 is 10.6 Å². The van der Waals surface area contributed by atoms with E-state index in [9.17, 15) is 4.79 Å². The quantitative estimate of drug-likeness (QED) is 0.632. The first-order valence-corrected chi connectivity index (χ1v) is 5.88. The second-order valence-electron chi connectivity index (χ2n) is 3.03. The van der Waals surface area contributed by atoms with Gasteiger partial charge in [0.15, 0.2) is 0 Å². The highest BCUT2D eigenvalue weighted by atomic mass is 79.9. The smallest absolute Gasteiger partial charge is 0.222 e. The van der Waals surface area contributed by atoms with Crippen molar-refractivity contribution in [2.24, 2.45) is 0 Å². The van der Waals surface area contributed by atoms with Gasteiger partial charge in [-0.05, 0) is 27.5 Å². The third-order valence-corrected chi connectivity index (χ3v) is 2.73. The molecule has 0 saturated heterocycles. The molecule has 88 valence electrons. The van der Waals surface area contributed by atoms with Crippen LogP contribution in [0.1, 0.15) is 12.1 Å². The largest absolute Gasteiger partial charge is 0.359 e. The van der Waals surface area contributed by atoms with Crippen LogP contribution in [0.2, 0.25) is 5.28 Å². The molecule has 5 nitrogen and oxygen atoms in total. The first-order valence-electron chi connectivity index (χ1n) is 4.71. The summed E-state index contributed by atoms with van der Waals surface area (Å²) in [4.78, 5) is 18.8. The molecule has 0 aromatic carbocycles. The summed E-state index contributed by atoms with van der Waals surface area (Å²) in [5, 5.41) is 5.86. The van der Waals surface area contributed by atoms with E-state index in [1.54, 1.807) is 13.2 Å². The Balaban J connectivity index is 2.37. The zero-order valence-corrected chi connectivity index (χ0v) is 11.1. The second-order valence-corrected chi connectivity index (χ2v) is 4.23.